The van der Waals surface area contributed by atoms with Gasteiger partial charge in [0, 0.05) is 32.6 Å². The molecule has 0 radical (unpaired) electrons. The van der Waals surface area contributed by atoms with Gasteiger partial charge in [-0.3, -0.25) is 9.00 Å². The summed E-state index contributed by atoms with van der Waals surface area (Å²) in [5, 5.41) is 3.46. The van der Waals surface area contributed by atoms with Crippen LogP contribution in [0.2, 0.25) is 5.02 Å². The second kappa shape index (κ2) is 9.35. The van der Waals surface area contributed by atoms with E-state index in [1.165, 1.54) is 0 Å². The van der Waals surface area contributed by atoms with Crippen molar-refractivity contribution >= 4 is 44.2 Å². The lowest BCUT2D eigenvalue weighted by atomic mass is 10.2. The number of halogens is 2. The summed E-state index contributed by atoms with van der Waals surface area (Å²) in [5.74, 6) is 1.08. The molecule has 3 rings (SSSR count). The number of hydrogen-bond acceptors (Lipinski definition) is 3. The van der Waals surface area contributed by atoms with E-state index in [0.717, 1.165) is 15.6 Å². The van der Waals surface area contributed by atoms with Crippen molar-refractivity contribution in [1.82, 2.24) is 5.32 Å². The van der Waals surface area contributed by atoms with Crippen molar-refractivity contribution in [2.75, 3.05) is 0 Å². The van der Waals surface area contributed by atoms with E-state index in [-0.39, 0.29) is 17.4 Å². The quantitative estimate of drug-likeness (QED) is 0.528. The number of carbonyl (C=O) groups is 1. The topological polar surface area (TPSA) is 59.3 Å². The summed E-state index contributed by atoms with van der Waals surface area (Å²) in [6, 6.07) is 18.2. The zero-order valence-corrected chi connectivity index (χ0v) is 17.4. The third-order valence-electron chi connectivity index (χ3n) is 3.83. The number of amides is 1. The Bertz CT molecular complexity index is 956. The van der Waals surface area contributed by atoms with Crippen LogP contribution in [0.25, 0.3) is 0 Å². The molecular formula is C20H17BrClNO3S. The first-order valence-corrected chi connectivity index (χ1v) is 10.9. The van der Waals surface area contributed by atoms with Crippen LogP contribution in [0.15, 0.2) is 69.6 Å². The van der Waals surface area contributed by atoms with E-state index in [9.17, 15) is 9.00 Å². The van der Waals surface area contributed by atoms with E-state index >= 15 is 0 Å². The SMILES string of the molecule is O=C(NCc1ccccc1Br)c1ccc(C[S@@](=O)Cc2ccc(Cl)cc2)o1. The van der Waals surface area contributed by atoms with Crippen molar-refractivity contribution < 1.29 is 13.4 Å². The molecule has 2 aromatic carbocycles. The van der Waals surface area contributed by atoms with Gasteiger partial charge in [0.15, 0.2) is 5.76 Å². The molecule has 0 fully saturated rings. The lowest BCUT2D eigenvalue weighted by Gasteiger charge is -2.05. The Morgan fingerprint density at radius 1 is 1.04 bits per heavy atom. The second-order valence-electron chi connectivity index (χ2n) is 5.90. The molecule has 3 aromatic rings. The van der Waals surface area contributed by atoms with E-state index < -0.39 is 10.8 Å². The molecular weight excluding hydrogens is 450 g/mol. The fourth-order valence-corrected chi connectivity index (χ4v) is 4.15. The van der Waals surface area contributed by atoms with Crippen molar-refractivity contribution in [3.63, 3.8) is 0 Å². The molecule has 0 spiro atoms. The Morgan fingerprint density at radius 3 is 2.52 bits per heavy atom. The molecule has 140 valence electrons. The average Bonchev–Trinajstić information content (AvgIpc) is 3.11. The van der Waals surface area contributed by atoms with Crippen LogP contribution in [0, 0.1) is 0 Å². The minimum Gasteiger partial charge on any atom is -0.455 e. The summed E-state index contributed by atoms with van der Waals surface area (Å²) in [4.78, 5) is 12.2. The molecule has 1 heterocycles. The second-order valence-corrected chi connectivity index (χ2v) is 8.64. The normalized spacial score (nSPS) is 11.9. The Kier molecular flexibility index (Phi) is 6.88. The van der Waals surface area contributed by atoms with Crippen LogP contribution in [0.1, 0.15) is 27.4 Å². The maximum Gasteiger partial charge on any atom is 0.287 e. The van der Waals surface area contributed by atoms with E-state index in [2.05, 4.69) is 21.2 Å². The van der Waals surface area contributed by atoms with Crippen LogP contribution in [0.5, 0.6) is 0 Å². The number of benzene rings is 2. The van der Waals surface area contributed by atoms with Crippen LogP contribution < -0.4 is 5.32 Å². The zero-order valence-electron chi connectivity index (χ0n) is 14.3. The highest BCUT2D eigenvalue weighted by Crippen LogP contribution is 2.17. The van der Waals surface area contributed by atoms with Gasteiger partial charge in [-0.2, -0.15) is 0 Å². The molecule has 4 nitrogen and oxygen atoms in total. The first-order chi connectivity index (χ1) is 13.0. The summed E-state index contributed by atoms with van der Waals surface area (Å²) in [7, 11) is -1.14. The summed E-state index contributed by atoms with van der Waals surface area (Å²) < 4.78 is 18.8. The molecule has 0 aliphatic rings. The van der Waals surface area contributed by atoms with E-state index in [1.807, 2.05) is 36.4 Å². The third kappa shape index (κ3) is 5.79. The highest BCUT2D eigenvalue weighted by atomic mass is 79.9. The van der Waals surface area contributed by atoms with Gasteiger partial charge in [-0.25, -0.2) is 0 Å². The van der Waals surface area contributed by atoms with Crippen molar-refractivity contribution in [2.24, 2.45) is 0 Å². The Morgan fingerprint density at radius 2 is 1.78 bits per heavy atom. The van der Waals surface area contributed by atoms with Gasteiger partial charge in [-0.1, -0.05) is 57.9 Å². The summed E-state index contributed by atoms with van der Waals surface area (Å²) >= 11 is 9.30. The zero-order chi connectivity index (χ0) is 19.2. The van der Waals surface area contributed by atoms with Crippen LogP contribution >= 0.6 is 27.5 Å². The lowest BCUT2D eigenvalue weighted by molar-refractivity contribution is 0.0921. The first kappa shape index (κ1) is 19.9. The van der Waals surface area contributed by atoms with Crippen LogP contribution in [-0.2, 0) is 28.9 Å². The molecule has 0 saturated heterocycles. The maximum absolute atomic E-state index is 12.3. The van der Waals surface area contributed by atoms with Crippen LogP contribution in [-0.4, -0.2) is 10.1 Å². The average molecular weight is 467 g/mol. The number of rotatable bonds is 7. The van der Waals surface area contributed by atoms with Crippen molar-refractivity contribution in [3.05, 3.63) is 92.8 Å². The molecule has 0 bridgehead atoms. The lowest BCUT2D eigenvalue weighted by Crippen LogP contribution is -2.22. The monoisotopic (exact) mass is 465 g/mol. The fraction of sp³-hybridized carbons (Fsp3) is 0.150. The van der Waals surface area contributed by atoms with E-state index in [0.29, 0.717) is 23.1 Å². The molecule has 7 heteroatoms. The molecule has 1 N–H and O–H groups in total. The highest BCUT2D eigenvalue weighted by molar-refractivity contribution is 9.10. The first-order valence-electron chi connectivity index (χ1n) is 8.21. The summed E-state index contributed by atoms with van der Waals surface area (Å²) in [6.07, 6.45) is 0. The highest BCUT2D eigenvalue weighted by Gasteiger charge is 2.13. The van der Waals surface area contributed by atoms with Gasteiger partial charge in [0.2, 0.25) is 0 Å². The predicted octanol–water partition coefficient (Wildman–Crippen LogP) is 5.07. The number of nitrogens with one attached hydrogen (secondary N) is 1. The number of carbonyl (C=O) groups excluding carboxylic acids is 1. The number of hydrogen-bond donors (Lipinski definition) is 1. The van der Waals surface area contributed by atoms with Gasteiger partial charge < -0.3 is 9.73 Å². The van der Waals surface area contributed by atoms with Gasteiger partial charge >= 0.3 is 0 Å². The van der Waals surface area contributed by atoms with Gasteiger partial charge in [-0.05, 0) is 41.5 Å². The van der Waals surface area contributed by atoms with Crippen LogP contribution in [0.3, 0.4) is 0 Å². The third-order valence-corrected chi connectivity index (χ3v) is 6.11. The molecule has 0 unspecified atom stereocenters. The standard InChI is InChI=1S/C20H17BrClNO3S/c21-18-4-2-1-3-15(18)11-23-20(24)19-10-9-17(26-19)13-27(25)12-14-5-7-16(22)8-6-14/h1-10H,11-13H2,(H,23,24)/t27-/m0/s1. The van der Waals surface area contributed by atoms with Crippen molar-refractivity contribution in [1.29, 1.82) is 0 Å². The Labute approximate surface area is 173 Å². The molecule has 0 aliphatic carbocycles. The van der Waals surface area contributed by atoms with Gasteiger partial charge in [0.05, 0.1) is 5.75 Å². The van der Waals surface area contributed by atoms with Gasteiger partial charge in [-0.15, -0.1) is 0 Å². The van der Waals surface area contributed by atoms with Crippen LogP contribution in [0.4, 0.5) is 0 Å². The molecule has 27 heavy (non-hydrogen) atoms. The molecule has 1 aromatic heterocycles. The molecule has 0 saturated carbocycles. The largest absolute Gasteiger partial charge is 0.455 e. The molecule has 1 amide bonds. The molecule has 0 aliphatic heterocycles. The number of furan rings is 1. The minimum atomic E-state index is -1.14. The Hall–Kier alpha value is -1.89. The summed E-state index contributed by atoms with van der Waals surface area (Å²) in [5.41, 5.74) is 1.91. The van der Waals surface area contributed by atoms with Gasteiger partial charge in [0.25, 0.3) is 5.91 Å². The fourth-order valence-electron chi connectivity index (χ4n) is 2.46. The Balaban J connectivity index is 1.54. The van der Waals surface area contributed by atoms with E-state index in [4.69, 9.17) is 16.0 Å². The van der Waals surface area contributed by atoms with E-state index in [1.54, 1.807) is 24.3 Å². The molecule has 1 atom stereocenters. The minimum absolute atomic E-state index is 0.209. The van der Waals surface area contributed by atoms with Gasteiger partial charge in [0.1, 0.15) is 5.76 Å². The summed E-state index contributed by atoms with van der Waals surface area (Å²) in [6.45, 7) is 0.388. The predicted molar refractivity (Wildman–Crippen MR) is 111 cm³/mol. The van der Waals surface area contributed by atoms with Crippen molar-refractivity contribution in [3.8, 4) is 0 Å². The van der Waals surface area contributed by atoms with Crippen molar-refractivity contribution in [2.45, 2.75) is 18.1 Å². The maximum atomic E-state index is 12.3. The smallest absolute Gasteiger partial charge is 0.287 e.